The van der Waals surface area contributed by atoms with Crippen LogP contribution in [0.5, 0.6) is 5.75 Å². The van der Waals surface area contributed by atoms with E-state index in [1.165, 1.54) is 18.2 Å². The maximum Gasteiger partial charge on any atom is 0.303 e. The molecular weight excluding hydrogens is 226 g/mol. The Bertz CT molecular complexity index is 455. The summed E-state index contributed by atoms with van der Waals surface area (Å²) in [6.45, 7) is 0. The number of aromatic hydroxyl groups is 1. The number of carbonyl (C=O) groups excluding carboxylic acids is 2. The van der Waals surface area contributed by atoms with E-state index in [-0.39, 0.29) is 24.2 Å². The number of aliphatic carboxylic acids is 1. The number of amides is 2. The zero-order valence-electron chi connectivity index (χ0n) is 8.84. The minimum atomic E-state index is -1.12. The molecule has 0 unspecified atom stereocenters. The van der Waals surface area contributed by atoms with Crippen molar-refractivity contribution in [2.45, 2.75) is 12.8 Å². The lowest BCUT2D eigenvalue weighted by Gasteiger charge is -2.04. The first-order chi connectivity index (χ1) is 8.00. The molecule has 17 heavy (non-hydrogen) atoms. The summed E-state index contributed by atoms with van der Waals surface area (Å²) in [6.07, 6.45) is -0.630. The quantitative estimate of drug-likeness (QED) is 0.708. The second-order valence-corrected chi connectivity index (χ2v) is 3.29. The maximum absolute atomic E-state index is 11.5. The van der Waals surface area contributed by atoms with Gasteiger partial charge >= 0.3 is 5.97 Å². The molecule has 0 heterocycles. The zero-order chi connectivity index (χ0) is 12.8. The van der Waals surface area contributed by atoms with Gasteiger partial charge in [-0.05, 0) is 12.1 Å². The van der Waals surface area contributed by atoms with E-state index < -0.39 is 17.8 Å². The van der Waals surface area contributed by atoms with Gasteiger partial charge in [-0.2, -0.15) is 0 Å². The predicted molar refractivity (Wildman–Crippen MR) is 57.4 cm³/mol. The van der Waals surface area contributed by atoms with Crippen LogP contribution in [0.15, 0.2) is 24.3 Å². The van der Waals surface area contributed by atoms with E-state index in [0.29, 0.717) is 0 Å². The lowest BCUT2D eigenvalue weighted by atomic mass is 10.2. The van der Waals surface area contributed by atoms with Crippen LogP contribution >= 0.6 is 0 Å². The maximum atomic E-state index is 11.5. The number of phenols is 1. The highest BCUT2D eigenvalue weighted by Gasteiger charge is 2.14. The molecule has 0 atom stereocenters. The minimum absolute atomic E-state index is 0.0313. The van der Waals surface area contributed by atoms with Gasteiger partial charge in [0, 0.05) is 6.42 Å². The van der Waals surface area contributed by atoms with E-state index in [2.05, 4.69) is 0 Å². The topological polar surface area (TPSA) is 104 Å². The van der Waals surface area contributed by atoms with Crippen LogP contribution < -0.4 is 5.32 Å². The summed E-state index contributed by atoms with van der Waals surface area (Å²) in [6, 6.07) is 5.75. The fraction of sp³-hybridized carbons (Fsp3) is 0.182. The number of hydrogen-bond donors (Lipinski definition) is 3. The second-order valence-electron chi connectivity index (χ2n) is 3.29. The molecule has 1 aromatic carbocycles. The number of carboxylic acids is 1. The van der Waals surface area contributed by atoms with Gasteiger partial charge in [-0.3, -0.25) is 19.7 Å². The van der Waals surface area contributed by atoms with E-state index >= 15 is 0 Å². The number of hydrogen-bond acceptors (Lipinski definition) is 4. The van der Waals surface area contributed by atoms with Crippen LogP contribution in [-0.4, -0.2) is 28.0 Å². The zero-order valence-corrected chi connectivity index (χ0v) is 8.84. The van der Waals surface area contributed by atoms with Gasteiger partial charge < -0.3 is 10.2 Å². The molecule has 0 radical (unpaired) electrons. The van der Waals surface area contributed by atoms with E-state index in [9.17, 15) is 19.5 Å². The summed E-state index contributed by atoms with van der Waals surface area (Å²) in [4.78, 5) is 32.9. The summed E-state index contributed by atoms with van der Waals surface area (Å²) < 4.78 is 0. The number of carbonyl (C=O) groups is 3. The minimum Gasteiger partial charge on any atom is -0.507 e. The Morgan fingerprint density at radius 2 is 1.76 bits per heavy atom. The van der Waals surface area contributed by atoms with Crippen molar-refractivity contribution < 1.29 is 24.6 Å². The molecule has 1 aromatic rings. The molecular formula is C11H11NO5. The van der Waals surface area contributed by atoms with Gasteiger partial charge in [-0.1, -0.05) is 12.1 Å². The first-order valence-electron chi connectivity index (χ1n) is 4.84. The van der Waals surface area contributed by atoms with Gasteiger partial charge in [0.05, 0.1) is 12.0 Å². The lowest BCUT2D eigenvalue weighted by Crippen LogP contribution is -2.30. The van der Waals surface area contributed by atoms with Crippen molar-refractivity contribution >= 4 is 17.8 Å². The average Bonchev–Trinajstić information content (AvgIpc) is 2.26. The molecule has 0 aliphatic carbocycles. The number of benzene rings is 1. The number of imide groups is 1. The molecule has 0 saturated carbocycles. The molecule has 0 saturated heterocycles. The third-order valence-corrected chi connectivity index (χ3v) is 1.97. The normalized spacial score (nSPS) is 9.65. The van der Waals surface area contributed by atoms with Gasteiger partial charge in [0.2, 0.25) is 5.91 Å². The van der Waals surface area contributed by atoms with Gasteiger partial charge in [-0.15, -0.1) is 0 Å². The molecule has 90 valence electrons. The monoisotopic (exact) mass is 237 g/mol. The van der Waals surface area contributed by atoms with Crippen LogP contribution in [0.3, 0.4) is 0 Å². The van der Waals surface area contributed by atoms with Crippen molar-refractivity contribution in [1.29, 1.82) is 0 Å². The molecule has 3 N–H and O–H groups in total. The van der Waals surface area contributed by atoms with Crippen LogP contribution in [0.4, 0.5) is 0 Å². The van der Waals surface area contributed by atoms with E-state index in [1.54, 1.807) is 6.07 Å². The largest absolute Gasteiger partial charge is 0.507 e. The number of nitrogens with one attached hydrogen (secondary N) is 1. The Kier molecular flexibility index (Phi) is 4.21. The molecule has 6 heteroatoms. The van der Waals surface area contributed by atoms with Crippen molar-refractivity contribution in [2.75, 3.05) is 0 Å². The Morgan fingerprint density at radius 3 is 2.35 bits per heavy atom. The molecule has 1 rings (SSSR count). The van der Waals surface area contributed by atoms with Crippen LogP contribution in [0.25, 0.3) is 0 Å². The lowest BCUT2D eigenvalue weighted by molar-refractivity contribution is -0.138. The van der Waals surface area contributed by atoms with Crippen molar-refractivity contribution in [2.24, 2.45) is 0 Å². The smallest absolute Gasteiger partial charge is 0.303 e. The summed E-state index contributed by atoms with van der Waals surface area (Å²) in [5, 5.41) is 19.7. The Hall–Kier alpha value is -2.37. The van der Waals surface area contributed by atoms with Crippen molar-refractivity contribution in [3.8, 4) is 5.75 Å². The highest BCUT2D eigenvalue weighted by molar-refractivity contribution is 6.06. The first-order valence-corrected chi connectivity index (χ1v) is 4.84. The van der Waals surface area contributed by atoms with Crippen molar-refractivity contribution in [3.05, 3.63) is 29.8 Å². The van der Waals surface area contributed by atoms with Gasteiger partial charge in [0.25, 0.3) is 5.91 Å². The molecule has 0 fully saturated rings. The number of para-hydroxylation sites is 1. The van der Waals surface area contributed by atoms with Crippen LogP contribution in [0.1, 0.15) is 23.2 Å². The van der Waals surface area contributed by atoms with E-state index in [0.717, 1.165) is 0 Å². The van der Waals surface area contributed by atoms with Gasteiger partial charge in [0.1, 0.15) is 5.75 Å². The van der Waals surface area contributed by atoms with E-state index in [4.69, 9.17) is 5.11 Å². The summed E-state index contributed by atoms with van der Waals surface area (Å²) >= 11 is 0. The fourth-order valence-electron chi connectivity index (χ4n) is 1.14. The third kappa shape index (κ3) is 3.94. The summed E-state index contributed by atoms with van der Waals surface area (Å²) in [7, 11) is 0. The molecule has 0 aromatic heterocycles. The Labute approximate surface area is 96.9 Å². The highest BCUT2D eigenvalue weighted by Crippen LogP contribution is 2.14. The standard InChI is InChI=1S/C11H11NO5/c13-8-4-2-1-3-7(8)11(17)12-9(14)5-6-10(15)16/h1-4,13H,5-6H2,(H,15,16)(H,12,14,17). The fourth-order valence-corrected chi connectivity index (χ4v) is 1.14. The summed E-state index contributed by atoms with van der Waals surface area (Å²) in [5.41, 5.74) is -0.0313. The number of rotatable bonds is 4. The van der Waals surface area contributed by atoms with Crippen LogP contribution in [0, 0.1) is 0 Å². The molecule has 0 spiro atoms. The summed E-state index contributed by atoms with van der Waals surface area (Å²) in [5.74, 6) is -2.80. The van der Waals surface area contributed by atoms with Crippen molar-refractivity contribution in [3.63, 3.8) is 0 Å². The highest BCUT2D eigenvalue weighted by atomic mass is 16.4. The number of phenolic OH excluding ortho intramolecular Hbond substituents is 1. The Morgan fingerprint density at radius 1 is 1.12 bits per heavy atom. The first kappa shape index (κ1) is 12.7. The van der Waals surface area contributed by atoms with Gasteiger partial charge in [0.15, 0.2) is 0 Å². The average molecular weight is 237 g/mol. The number of carboxylic acid groups (broad SMARTS) is 1. The predicted octanol–water partition coefficient (Wildman–Crippen LogP) is 0.513. The third-order valence-electron chi connectivity index (χ3n) is 1.97. The van der Waals surface area contributed by atoms with Crippen LogP contribution in [0.2, 0.25) is 0 Å². The molecule has 0 aliphatic heterocycles. The molecule has 6 nitrogen and oxygen atoms in total. The molecule has 2 amide bonds. The van der Waals surface area contributed by atoms with Crippen LogP contribution in [-0.2, 0) is 9.59 Å². The Balaban J connectivity index is 2.58. The van der Waals surface area contributed by atoms with E-state index in [1.807, 2.05) is 5.32 Å². The van der Waals surface area contributed by atoms with Crippen molar-refractivity contribution in [1.82, 2.24) is 5.32 Å². The molecule has 0 aliphatic rings. The molecule has 0 bridgehead atoms. The SMILES string of the molecule is O=C(O)CCC(=O)NC(=O)c1ccccc1O. The second kappa shape index (κ2) is 5.64. The van der Waals surface area contributed by atoms with Gasteiger partial charge in [-0.25, -0.2) is 0 Å².